The molecule has 0 N–H and O–H groups in total. The Bertz CT molecular complexity index is 1920. The van der Waals surface area contributed by atoms with E-state index in [1.165, 1.54) is 5.69 Å². The van der Waals surface area contributed by atoms with Crippen LogP contribution < -0.4 is 14.4 Å². The number of pyridine rings is 1. The van der Waals surface area contributed by atoms with Gasteiger partial charge in [-0.1, -0.05) is 60.7 Å². The number of anilines is 1. The van der Waals surface area contributed by atoms with Crippen molar-refractivity contribution in [2.75, 3.05) is 44.2 Å². The number of carbonyl (C=O) groups excluding carboxylic acids is 1. The van der Waals surface area contributed by atoms with E-state index < -0.39 is 5.60 Å². The van der Waals surface area contributed by atoms with Gasteiger partial charge < -0.3 is 24.0 Å². The number of hydrogen-bond donors (Lipinski definition) is 0. The summed E-state index contributed by atoms with van der Waals surface area (Å²) in [6, 6.07) is 31.2. The third-order valence-corrected chi connectivity index (χ3v) is 9.68. The van der Waals surface area contributed by atoms with E-state index >= 15 is 0 Å². The third-order valence-electron chi connectivity index (χ3n) is 9.68. The van der Waals surface area contributed by atoms with E-state index in [1.54, 1.807) is 0 Å². The molecule has 0 spiro atoms. The molecule has 0 radical (unpaired) electrons. The molecular weight excluding hydrogens is 640 g/mol. The van der Waals surface area contributed by atoms with Crippen molar-refractivity contribution >= 4 is 22.7 Å². The number of piperazine rings is 1. The molecule has 2 fully saturated rings. The summed E-state index contributed by atoms with van der Waals surface area (Å²) < 4.78 is 20.0. The Kier molecular flexibility index (Phi) is 10.1. The molecule has 7 rings (SSSR count). The Labute approximate surface area is 300 Å². The van der Waals surface area contributed by atoms with Gasteiger partial charge in [0.15, 0.2) is 0 Å². The minimum atomic E-state index is -0.470. The minimum absolute atomic E-state index is 0.206. The van der Waals surface area contributed by atoms with Crippen molar-refractivity contribution in [3.63, 3.8) is 0 Å². The fourth-order valence-corrected chi connectivity index (χ4v) is 6.98. The highest BCUT2D eigenvalue weighted by Gasteiger charge is 2.31. The molecule has 0 saturated carbocycles. The quantitative estimate of drug-likeness (QED) is 0.159. The summed E-state index contributed by atoms with van der Waals surface area (Å²) in [5.74, 6) is 0.990. The predicted octanol–water partition coefficient (Wildman–Crippen LogP) is 7.31. The maximum absolute atomic E-state index is 12.5. The van der Waals surface area contributed by atoms with Crippen LogP contribution in [0.4, 0.5) is 10.5 Å². The second kappa shape index (κ2) is 15.0. The molecule has 2 aromatic heterocycles. The number of aryl methyl sites for hydroxylation is 1. The number of carbonyl (C=O) groups is 1. The Hall–Kier alpha value is -5.09. The average Bonchev–Trinajstić information content (AvgIpc) is 3.48. The van der Waals surface area contributed by atoms with Crippen LogP contribution >= 0.6 is 0 Å². The monoisotopic (exact) mass is 688 g/mol. The molecule has 1 amide bonds. The van der Waals surface area contributed by atoms with Crippen LogP contribution in [-0.4, -0.2) is 81.6 Å². The zero-order chi connectivity index (χ0) is 35.4. The standard InChI is InChI=1S/C41H48N6O4/c1-41(2,3)51-40(48)47-25-23-46(24-26-47)32-19-21-45(22-20-32)33-15-16-34-36(27-33)44(4)43-38(34)35-17-18-37(49-28-30-11-7-5-8-12-30)42-39(35)50-29-31-13-9-6-10-14-31/h5-18,27,32H,19-26,28-29H2,1-4H3. The Balaban J connectivity index is 1.04. The summed E-state index contributed by atoms with van der Waals surface area (Å²) in [4.78, 5) is 24.2. The SMILES string of the molecule is Cn1nc(-c2ccc(OCc3ccccc3)nc2OCc2ccccc2)c2ccc(N3CCC(N4CCN(C(=O)OC(C)(C)C)CC4)CC3)cc21. The molecule has 2 saturated heterocycles. The van der Waals surface area contributed by atoms with Crippen molar-refractivity contribution in [2.45, 2.75) is 58.5 Å². The zero-order valence-corrected chi connectivity index (χ0v) is 30.1. The number of hydrogen-bond acceptors (Lipinski definition) is 8. The number of amides is 1. The second-order valence-electron chi connectivity index (χ2n) is 14.4. The molecule has 5 aromatic rings. The van der Waals surface area contributed by atoms with Crippen LogP contribution in [0.1, 0.15) is 44.7 Å². The smallest absolute Gasteiger partial charge is 0.410 e. The number of piperidine rings is 1. The van der Waals surface area contributed by atoms with Crippen LogP contribution in [0.2, 0.25) is 0 Å². The Morgan fingerprint density at radius 2 is 1.43 bits per heavy atom. The molecular formula is C41H48N6O4. The molecule has 2 aliphatic rings. The Morgan fingerprint density at radius 3 is 2.08 bits per heavy atom. The summed E-state index contributed by atoms with van der Waals surface area (Å²) >= 11 is 0. The fourth-order valence-electron chi connectivity index (χ4n) is 6.98. The molecule has 4 heterocycles. The van der Waals surface area contributed by atoms with Crippen molar-refractivity contribution in [1.82, 2.24) is 24.6 Å². The van der Waals surface area contributed by atoms with Crippen LogP contribution in [0.3, 0.4) is 0 Å². The van der Waals surface area contributed by atoms with Crippen molar-refractivity contribution < 1.29 is 19.0 Å². The van der Waals surface area contributed by atoms with Crippen molar-refractivity contribution in [2.24, 2.45) is 7.05 Å². The lowest BCUT2D eigenvalue weighted by Crippen LogP contribution is -2.55. The fraction of sp³-hybridized carbons (Fsp3) is 0.390. The van der Waals surface area contributed by atoms with Gasteiger partial charge in [0.25, 0.3) is 0 Å². The van der Waals surface area contributed by atoms with Crippen LogP contribution in [0.25, 0.3) is 22.2 Å². The number of ether oxygens (including phenoxy) is 3. The summed E-state index contributed by atoms with van der Waals surface area (Å²) in [7, 11) is 1.99. The lowest BCUT2D eigenvalue weighted by atomic mass is 10.0. The molecule has 0 bridgehead atoms. The third kappa shape index (κ3) is 8.28. The molecule has 0 atom stereocenters. The van der Waals surface area contributed by atoms with Gasteiger partial charge in [-0.2, -0.15) is 10.1 Å². The average molecular weight is 689 g/mol. The summed E-state index contributed by atoms with van der Waals surface area (Å²) in [5.41, 5.74) is 5.57. The van der Waals surface area contributed by atoms with Gasteiger partial charge in [-0.05, 0) is 69.0 Å². The highest BCUT2D eigenvalue weighted by atomic mass is 16.6. The normalized spacial score (nSPS) is 16.0. The maximum atomic E-state index is 12.5. The van der Waals surface area contributed by atoms with Gasteiger partial charge in [0.1, 0.15) is 24.5 Å². The molecule has 3 aromatic carbocycles. The van der Waals surface area contributed by atoms with Gasteiger partial charge in [-0.15, -0.1) is 0 Å². The lowest BCUT2D eigenvalue weighted by molar-refractivity contribution is 0.00902. The summed E-state index contributed by atoms with van der Waals surface area (Å²) in [5, 5.41) is 6.03. The number of fused-ring (bicyclic) bond motifs is 1. The van der Waals surface area contributed by atoms with E-state index in [9.17, 15) is 4.79 Å². The van der Waals surface area contributed by atoms with Crippen molar-refractivity contribution in [3.8, 4) is 23.0 Å². The first-order valence-corrected chi connectivity index (χ1v) is 18.0. The first kappa shape index (κ1) is 34.4. The van der Waals surface area contributed by atoms with E-state index in [-0.39, 0.29) is 6.09 Å². The van der Waals surface area contributed by atoms with Crippen LogP contribution in [-0.2, 0) is 25.0 Å². The number of rotatable bonds is 9. The van der Waals surface area contributed by atoms with Crippen LogP contribution in [0.15, 0.2) is 91.0 Å². The van der Waals surface area contributed by atoms with Crippen LogP contribution in [0.5, 0.6) is 11.8 Å². The maximum Gasteiger partial charge on any atom is 0.410 e. The topological polar surface area (TPSA) is 85.2 Å². The van der Waals surface area contributed by atoms with E-state index in [0.29, 0.717) is 44.1 Å². The highest BCUT2D eigenvalue weighted by Crippen LogP contribution is 2.37. The number of aromatic nitrogens is 3. The van der Waals surface area contributed by atoms with Gasteiger partial charge in [0.2, 0.25) is 11.8 Å². The molecule has 51 heavy (non-hydrogen) atoms. The largest absolute Gasteiger partial charge is 0.473 e. The first-order valence-electron chi connectivity index (χ1n) is 18.0. The number of nitrogens with zero attached hydrogens (tertiary/aromatic N) is 6. The molecule has 0 unspecified atom stereocenters. The first-order chi connectivity index (χ1) is 24.7. The van der Waals surface area contributed by atoms with Gasteiger partial charge in [0.05, 0.1) is 11.1 Å². The summed E-state index contributed by atoms with van der Waals surface area (Å²) in [6.45, 7) is 11.7. The zero-order valence-electron chi connectivity index (χ0n) is 30.1. The molecule has 10 heteroatoms. The van der Waals surface area contributed by atoms with E-state index in [2.05, 4.69) is 28.0 Å². The van der Waals surface area contributed by atoms with Crippen molar-refractivity contribution in [3.05, 3.63) is 102 Å². The summed E-state index contributed by atoms with van der Waals surface area (Å²) in [6.07, 6.45) is 1.98. The van der Waals surface area contributed by atoms with Gasteiger partial charge in [-0.25, -0.2) is 4.79 Å². The molecule has 2 aliphatic heterocycles. The second-order valence-corrected chi connectivity index (χ2v) is 14.4. The molecule has 10 nitrogen and oxygen atoms in total. The lowest BCUT2D eigenvalue weighted by Gasteiger charge is -2.43. The van der Waals surface area contributed by atoms with Crippen LogP contribution in [0, 0.1) is 0 Å². The molecule has 0 aliphatic carbocycles. The number of benzene rings is 3. The predicted molar refractivity (Wildman–Crippen MR) is 200 cm³/mol. The minimum Gasteiger partial charge on any atom is -0.473 e. The molecule has 266 valence electrons. The van der Waals surface area contributed by atoms with E-state index in [1.807, 2.05) is 110 Å². The van der Waals surface area contributed by atoms with Gasteiger partial charge in [-0.3, -0.25) is 9.58 Å². The van der Waals surface area contributed by atoms with Gasteiger partial charge >= 0.3 is 6.09 Å². The van der Waals surface area contributed by atoms with Crippen molar-refractivity contribution in [1.29, 1.82) is 0 Å². The van der Waals surface area contributed by atoms with E-state index in [0.717, 1.165) is 72.3 Å². The van der Waals surface area contributed by atoms with Gasteiger partial charge in [0, 0.05) is 69.5 Å². The Morgan fingerprint density at radius 1 is 0.784 bits per heavy atom. The van der Waals surface area contributed by atoms with E-state index in [4.69, 9.17) is 24.3 Å². The highest BCUT2D eigenvalue weighted by molar-refractivity contribution is 5.96.